The van der Waals surface area contributed by atoms with Crippen LogP contribution in [0.5, 0.6) is 0 Å². The van der Waals surface area contributed by atoms with Crippen LogP contribution in [-0.2, 0) is 6.18 Å². The number of pyridine rings is 1. The van der Waals surface area contributed by atoms with Crippen LogP contribution in [0.4, 0.5) is 24.5 Å². The molecule has 0 atom stereocenters. The van der Waals surface area contributed by atoms with Crippen LogP contribution in [0.15, 0.2) is 41.0 Å². The molecule has 0 fully saturated rings. The molecule has 0 aliphatic rings. The van der Waals surface area contributed by atoms with Gasteiger partial charge in [0.2, 0.25) is 0 Å². The van der Waals surface area contributed by atoms with Crippen LogP contribution in [0, 0.1) is 0 Å². The molecule has 0 aliphatic carbocycles. The standard InChI is InChI=1S/C13H9BrF3N3S/c14-10-3-1-7(5-9(10)13(15,16)17)20-8-2-4-11(12(18)21)19-6-8/h1-6,20H,(H2,18,21). The van der Waals surface area contributed by atoms with Gasteiger partial charge in [-0.1, -0.05) is 28.1 Å². The Morgan fingerprint density at radius 2 is 1.86 bits per heavy atom. The fourth-order valence-electron chi connectivity index (χ4n) is 1.60. The minimum absolute atomic E-state index is 0.0116. The minimum Gasteiger partial charge on any atom is -0.388 e. The molecule has 0 saturated carbocycles. The average Bonchev–Trinajstić information content (AvgIpc) is 2.40. The molecule has 3 N–H and O–H groups in total. The van der Waals surface area contributed by atoms with E-state index in [1.54, 1.807) is 12.1 Å². The molecule has 8 heteroatoms. The molecule has 0 radical (unpaired) electrons. The van der Waals surface area contributed by atoms with Gasteiger partial charge in [0.25, 0.3) is 0 Å². The predicted molar refractivity (Wildman–Crippen MR) is 82.6 cm³/mol. The number of nitrogens with one attached hydrogen (secondary N) is 1. The van der Waals surface area contributed by atoms with E-state index < -0.39 is 11.7 Å². The summed E-state index contributed by atoms with van der Waals surface area (Å²) < 4.78 is 38.4. The summed E-state index contributed by atoms with van der Waals surface area (Å²) in [5, 5.41) is 2.84. The highest BCUT2D eigenvalue weighted by Crippen LogP contribution is 2.36. The van der Waals surface area contributed by atoms with E-state index in [-0.39, 0.29) is 9.46 Å². The summed E-state index contributed by atoms with van der Waals surface area (Å²) in [7, 11) is 0. The number of thiocarbonyl (C=S) groups is 1. The Kier molecular flexibility index (Phi) is 4.48. The number of anilines is 2. The largest absolute Gasteiger partial charge is 0.417 e. The number of nitrogens with zero attached hydrogens (tertiary/aromatic N) is 1. The highest BCUT2D eigenvalue weighted by molar-refractivity contribution is 9.10. The molecule has 0 bridgehead atoms. The van der Waals surface area contributed by atoms with Gasteiger partial charge < -0.3 is 11.1 Å². The first-order chi connectivity index (χ1) is 9.77. The number of rotatable bonds is 3. The van der Waals surface area contributed by atoms with Gasteiger partial charge in [-0.05, 0) is 30.3 Å². The number of benzene rings is 1. The maximum atomic E-state index is 12.8. The second-order valence-electron chi connectivity index (χ2n) is 4.11. The lowest BCUT2D eigenvalue weighted by atomic mass is 10.2. The maximum absolute atomic E-state index is 12.8. The van der Waals surface area contributed by atoms with Gasteiger partial charge in [-0.3, -0.25) is 4.98 Å². The zero-order valence-electron chi connectivity index (χ0n) is 10.4. The van der Waals surface area contributed by atoms with Crippen molar-refractivity contribution in [3.05, 3.63) is 52.3 Å². The molecule has 2 rings (SSSR count). The van der Waals surface area contributed by atoms with Crippen LogP contribution in [0.3, 0.4) is 0 Å². The molecule has 1 aromatic heterocycles. The fraction of sp³-hybridized carbons (Fsp3) is 0.0769. The molecule has 3 nitrogen and oxygen atoms in total. The smallest absolute Gasteiger partial charge is 0.388 e. The highest BCUT2D eigenvalue weighted by atomic mass is 79.9. The second-order valence-corrected chi connectivity index (χ2v) is 5.41. The van der Waals surface area contributed by atoms with E-state index in [0.717, 1.165) is 6.07 Å². The lowest BCUT2D eigenvalue weighted by Crippen LogP contribution is -2.11. The monoisotopic (exact) mass is 375 g/mol. The van der Waals surface area contributed by atoms with Gasteiger partial charge in [-0.15, -0.1) is 0 Å². The lowest BCUT2D eigenvalue weighted by molar-refractivity contribution is -0.138. The summed E-state index contributed by atoms with van der Waals surface area (Å²) in [5.74, 6) is 0. The quantitative estimate of drug-likeness (QED) is 0.787. The third-order valence-corrected chi connectivity index (χ3v) is 3.48. The van der Waals surface area contributed by atoms with Crippen molar-refractivity contribution in [1.29, 1.82) is 0 Å². The molecule has 0 aliphatic heterocycles. The number of hydrogen-bond acceptors (Lipinski definition) is 3. The van der Waals surface area contributed by atoms with Gasteiger partial charge in [-0.25, -0.2) is 0 Å². The van der Waals surface area contributed by atoms with E-state index in [1.165, 1.54) is 18.3 Å². The average molecular weight is 376 g/mol. The zero-order valence-corrected chi connectivity index (χ0v) is 12.8. The van der Waals surface area contributed by atoms with Gasteiger partial charge in [-0.2, -0.15) is 13.2 Å². The normalized spacial score (nSPS) is 11.2. The summed E-state index contributed by atoms with van der Waals surface area (Å²) in [6, 6.07) is 7.11. The van der Waals surface area contributed by atoms with Crippen LogP contribution in [0.1, 0.15) is 11.3 Å². The van der Waals surface area contributed by atoms with Crippen molar-refractivity contribution in [3.63, 3.8) is 0 Å². The Morgan fingerprint density at radius 1 is 1.19 bits per heavy atom. The molecule has 0 amide bonds. The van der Waals surface area contributed by atoms with Crippen molar-refractivity contribution in [3.8, 4) is 0 Å². The number of nitrogens with two attached hydrogens (primary N) is 1. The summed E-state index contributed by atoms with van der Waals surface area (Å²) in [6.07, 6.45) is -2.98. The van der Waals surface area contributed by atoms with Crippen LogP contribution < -0.4 is 11.1 Å². The third kappa shape index (κ3) is 3.92. The predicted octanol–water partition coefficient (Wildman–Crippen LogP) is 4.24. The molecule has 110 valence electrons. The highest BCUT2D eigenvalue weighted by Gasteiger charge is 2.33. The van der Waals surface area contributed by atoms with E-state index in [2.05, 4.69) is 26.2 Å². The molecular weight excluding hydrogens is 367 g/mol. The fourth-order valence-corrected chi connectivity index (χ4v) is 2.19. The Labute approximate surface area is 132 Å². The second kappa shape index (κ2) is 5.98. The van der Waals surface area contributed by atoms with Gasteiger partial charge in [0, 0.05) is 10.2 Å². The Morgan fingerprint density at radius 3 is 2.38 bits per heavy atom. The van der Waals surface area contributed by atoms with Crippen LogP contribution >= 0.6 is 28.1 Å². The molecule has 0 saturated heterocycles. The maximum Gasteiger partial charge on any atom is 0.417 e. The number of halogens is 4. The Bertz CT molecular complexity index is 671. The van der Waals surface area contributed by atoms with Crippen molar-refractivity contribution in [2.24, 2.45) is 5.73 Å². The van der Waals surface area contributed by atoms with E-state index >= 15 is 0 Å². The zero-order chi connectivity index (χ0) is 15.6. The molecule has 2 aromatic rings. The van der Waals surface area contributed by atoms with E-state index in [1.807, 2.05) is 0 Å². The number of alkyl halides is 3. The van der Waals surface area contributed by atoms with E-state index in [4.69, 9.17) is 18.0 Å². The van der Waals surface area contributed by atoms with Gasteiger partial charge in [0.1, 0.15) is 4.99 Å². The minimum atomic E-state index is -4.43. The first-order valence-electron chi connectivity index (χ1n) is 5.67. The lowest BCUT2D eigenvalue weighted by Gasteiger charge is -2.12. The van der Waals surface area contributed by atoms with Crippen LogP contribution in [0.25, 0.3) is 0 Å². The first-order valence-corrected chi connectivity index (χ1v) is 6.87. The van der Waals surface area contributed by atoms with E-state index in [0.29, 0.717) is 17.1 Å². The molecular formula is C13H9BrF3N3S. The molecule has 1 aromatic carbocycles. The summed E-state index contributed by atoms with van der Waals surface area (Å²) in [6.45, 7) is 0. The molecule has 21 heavy (non-hydrogen) atoms. The van der Waals surface area contributed by atoms with Crippen molar-refractivity contribution in [2.45, 2.75) is 6.18 Å². The van der Waals surface area contributed by atoms with Crippen molar-refractivity contribution in [2.75, 3.05) is 5.32 Å². The SMILES string of the molecule is NC(=S)c1ccc(Nc2ccc(Br)c(C(F)(F)F)c2)cn1. The van der Waals surface area contributed by atoms with Crippen molar-refractivity contribution < 1.29 is 13.2 Å². The van der Waals surface area contributed by atoms with Crippen LogP contribution in [-0.4, -0.2) is 9.97 Å². The molecule has 0 spiro atoms. The van der Waals surface area contributed by atoms with Crippen molar-refractivity contribution in [1.82, 2.24) is 4.98 Å². The van der Waals surface area contributed by atoms with Crippen molar-refractivity contribution >= 4 is 44.5 Å². The topological polar surface area (TPSA) is 50.9 Å². The number of aromatic nitrogens is 1. The summed E-state index contributed by atoms with van der Waals surface area (Å²) in [4.78, 5) is 4.16. The first kappa shape index (κ1) is 15.7. The third-order valence-electron chi connectivity index (χ3n) is 2.58. The van der Waals surface area contributed by atoms with Gasteiger partial charge >= 0.3 is 6.18 Å². The van der Waals surface area contributed by atoms with E-state index in [9.17, 15) is 13.2 Å². The molecule has 0 unspecified atom stereocenters. The Hall–Kier alpha value is -1.67. The van der Waals surface area contributed by atoms with Crippen LogP contribution in [0.2, 0.25) is 0 Å². The number of hydrogen-bond donors (Lipinski definition) is 2. The molecule has 1 heterocycles. The summed E-state index contributed by atoms with van der Waals surface area (Å²) in [5.41, 5.74) is 5.95. The summed E-state index contributed by atoms with van der Waals surface area (Å²) >= 11 is 7.66. The Balaban J connectivity index is 2.26. The van der Waals surface area contributed by atoms with Gasteiger partial charge in [0.15, 0.2) is 0 Å². The van der Waals surface area contributed by atoms with Gasteiger partial charge in [0.05, 0.1) is 23.1 Å².